The Balaban J connectivity index is 1.65. The number of aromatic nitrogens is 2. The Bertz CT molecular complexity index is 947. The molecule has 1 aliphatic heterocycles. The molecule has 0 bridgehead atoms. The van der Waals surface area contributed by atoms with Crippen LogP contribution in [0.4, 0.5) is 4.39 Å². The molecule has 0 unspecified atom stereocenters. The molecule has 1 aliphatic rings. The average Bonchev–Trinajstić information content (AvgIpc) is 3.07. The van der Waals surface area contributed by atoms with Crippen LogP contribution in [0.1, 0.15) is 15.9 Å². The van der Waals surface area contributed by atoms with E-state index in [1.807, 2.05) is 42.6 Å². The molecule has 5 heteroatoms. The summed E-state index contributed by atoms with van der Waals surface area (Å²) in [5.41, 5.74) is 2.90. The van der Waals surface area contributed by atoms with Gasteiger partial charge in [-0.05, 0) is 36.4 Å². The Labute approximate surface area is 142 Å². The molecule has 0 radical (unpaired) electrons. The molecule has 0 atom stereocenters. The maximum atomic E-state index is 13.4. The molecule has 4 rings (SSSR count). The van der Waals surface area contributed by atoms with Crippen LogP contribution in [0.15, 0.2) is 71.4 Å². The number of thioether (sulfide) groups is 1. The fraction of sp³-hybridized carbons (Fsp3) is 0.0526. The topological polar surface area (TPSA) is 34.9 Å². The van der Waals surface area contributed by atoms with Crippen molar-refractivity contribution >= 4 is 23.6 Å². The van der Waals surface area contributed by atoms with Gasteiger partial charge in [-0.1, -0.05) is 18.2 Å². The predicted molar refractivity (Wildman–Crippen MR) is 93.0 cm³/mol. The summed E-state index contributed by atoms with van der Waals surface area (Å²) >= 11 is 1.55. The number of fused-ring (bicyclic) bond motifs is 1. The second kappa shape index (κ2) is 6.09. The molecule has 0 spiro atoms. The highest BCUT2D eigenvalue weighted by atomic mass is 32.2. The third-order valence-electron chi connectivity index (χ3n) is 3.83. The molecule has 0 saturated heterocycles. The van der Waals surface area contributed by atoms with Crippen LogP contribution in [0.2, 0.25) is 0 Å². The lowest BCUT2D eigenvalue weighted by Crippen LogP contribution is -2.12. The van der Waals surface area contributed by atoms with Crippen LogP contribution in [-0.2, 0) is 0 Å². The van der Waals surface area contributed by atoms with Crippen molar-refractivity contribution in [1.82, 2.24) is 9.78 Å². The van der Waals surface area contributed by atoms with E-state index in [0.717, 1.165) is 16.1 Å². The van der Waals surface area contributed by atoms with Crippen LogP contribution in [0.25, 0.3) is 11.8 Å². The zero-order valence-corrected chi connectivity index (χ0v) is 13.5. The number of para-hydroxylation sites is 1. The van der Waals surface area contributed by atoms with E-state index in [2.05, 4.69) is 5.10 Å². The van der Waals surface area contributed by atoms with Crippen molar-refractivity contribution < 1.29 is 9.18 Å². The zero-order valence-electron chi connectivity index (χ0n) is 12.6. The van der Waals surface area contributed by atoms with Gasteiger partial charge < -0.3 is 0 Å². The standard InChI is InChI=1S/C19H13FN2OS/c20-15-6-7-18-17(9-15)19(23)14(12-24-18)8-13-10-21-22(11-13)16-4-2-1-3-5-16/h1-11H,12H2. The highest BCUT2D eigenvalue weighted by molar-refractivity contribution is 7.99. The molecule has 0 aliphatic carbocycles. The van der Waals surface area contributed by atoms with E-state index in [0.29, 0.717) is 16.9 Å². The van der Waals surface area contributed by atoms with Crippen molar-refractivity contribution in [1.29, 1.82) is 0 Å². The lowest BCUT2D eigenvalue weighted by atomic mass is 10.0. The van der Waals surface area contributed by atoms with Gasteiger partial charge in [0, 0.05) is 33.5 Å². The Morgan fingerprint density at radius 3 is 2.83 bits per heavy atom. The van der Waals surface area contributed by atoms with Gasteiger partial charge in [0.2, 0.25) is 0 Å². The molecule has 3 aromatic rings. The Kier molecular flexibility index (Phi) is 3.78. The van der Waals surface area contributed by atoms with Gasteiger partial charge in [-0.25, -0.2) is 9.07 Å². The van der Waals surface area contributed by atoms with Crippen LogP contribution in [-0.4, -0.2) is 21.3 Å². The Morgan fingerprint density at radius 2 is 2.00 bits per heavy atom. The summed E-state index contributed by atoms with van der Waals surface area (Å²) in [4.78, 5) is 13.4. The largest absolute Gasteiger partial charge is 0.289 e. The highest BCUT2D eigenvalue weighted by Gasteiger charge is 2.23. The fourth-order valence-electron chi connectivity index (χ4n) is 2.64. The van der Waals surface area contributed by atoms with Crippen molar-refractivity contribution in [3.63, 3.8) is 0 Å². The van der Waals surface area contributed by atoms with E-state index in [4.69, 9.17) is 0 Å². The van der Waals surface area contributed by atoms with Gasteiger partial charge in [0.1, 0.15) is 5.82 Å². The Hall–Kier alpha value is -2.66. The van der Waals surface area contributed by atoms with E-state index in [9.17, 15) is 9.18 Å². The summed E-state index contributed by atoms with van der Waals surface area (Å²) in [5, 5.41) is 4.33. The van der Waals surface area contributed by atoms with E-state index in [1.165, 1.54) is 12.1 Å². The molecule has 0 saturated carbocycles. The summed E-state index contributed by atoms with van der Waals surface area (Å²) in [6.07, 6.45) is 5.43. The van der Waals surface area contributed by atoms with Crippen LogP contribution < -0.4 is 0 Å². The molecule has 24 heavy (non-hydrogen) atoms. The number of nitrogens with zero attached hydrogens (tertiary/aromatic N) is 2. The molecule has 0 amide bonds. The molecule has 2 aromatic carbocycles. The summed E-state index contributed by atoms with van der Waals surface area (Å²) in [6.45, 7) is 0. The van der Waals surface area contributed by atoms with Gasteiger partial charge in [-0.3, -0.25) is 4.79 Å². The number of hydrogen-bond acceptors (Lipinski definition) is 3. The third kappa shape index (κ3) is 2.78. The van der Waals surface area contributed by atoms with E-state index >= 15 is 0 Å². The van der Waals surface area contributed by atoms with Gasteiger partial charge >= 0.3 is 0 Å². The van der Waals surface area contributed by atoms with Crippen molar-refractivity contribution in [2.24, 2.45) is 0 Å². The van der Waals surface area contributed by atoms with Crippen molar-refractivity contribution in [3.8, 4) is 5.69 Å². The number of carbonyl (C=O) groups excluding carboxylic acids is 1. The minimum absolute atomic E-state index is 0.115. The van der Waals surface area contributed by atoms with Crippen molar-refractivity contribution in [2.45, 2.75) is 4.90 Å². The summed E-state index contributed by atoms with van der Waals surface area (Å²) in [6, 6.07) is 14.1. The van der Waals surface area contributed by atoms with Gasteiger partial charge in [0.05, 0.1) is 11.9 Å². The maximum absolute atomic E-state index is 13.4. The molecule has 1 aromatic heterocycles. The number of Topliss-reactive ketones (excluding diaryl/α,β-unsaturated/α-hetero) is 1. The molecule has 0 fully saturated rings. The van der Waals surface area contributed by atoms with Crippen LogP contribution in [0.3, 0.4) is 0 Å². The lowest BCUT2D eigenvalue weighted by Gasteiger charge is -2.16. The zero-order chi connectivity index (χ0) is 16.5. The molecule has 2 heterocycles. The SMILES string of the molecule is O=C1C(=Cc2cnn(-c3ccccc3)c2)CSc2ccc(F)cc21. The number of carbonyl (C=O) groups is 1. The van der Waals surface area contributed by atoms with Crippen LogP contribution >= 0.6 is 11.8 Å². The van der Waals surface area contributed by atoms with Crippen LogP contribution in [0, 0.1) is 5.82 Å². The molecule has 0 N–H and O–H groups in total. The van der Waals surface area contributed by atoms with E-state index in [1.54, 1.807) is 28.7 Å². The first kappa shape index (κ1) is 14.9. The average molecular weight is 336 g/mol. The highest BCUT2D eigenvalue weighted by Crippen LogP contribution is 2.33. The normalized spacial score (nSPS) is 15.5. The third-order valence-corrected chi connectivity index (χ3v) is 4.95. The minimum atomic E-state index is -0.388. The Morgan fingerprint density at radius 1 is 1.17 bits per heavy atom. The second-order valence-electron chi connectivity index (χ2n) is 5.48. The summed E-state index contributed by atoms with van der Waals surface area (Å²) in [7, 11) is 0. The number of halogens is 1. The fourth-order valence-corrected chi connectivity index (χ4v) is 3.64. The van der Waals surface area contributed by atoms with Crippen molar-refractivity contribution in [2.75, 3.05) is 5.75 Å². The summed E-state index contributed by atoms with van der Waals surface area (Å²) in [5.74, 6) is 0.0742. The molecular formula is C19H13FN2OS. The van der Waals surface area contributed by atoms with Gasteiger partial charge in [0.25, 0.3) is 0 Å². The quantitative estimate of drug-likeness (QED) is 0.651. The molecular weight excluding hydrogens is 323 g/mol. The van der Waals surface area contributed by atoms with Gasteiger partial charge in [-0.15, -0.1) is 11.8 Å². The van der Waals surface area contributed by atoms with Crippen LogP contribution in [0.5, 0.6) is 0 Å². The number of ketones is 1. The maximum Gasteiger partial charge on any atom is 0.191 e. The number of benzene rings is 2. The van der Waals surface area contributed by atoms with E-state index < -0.39 is 0 Å². The number of hydrogen-bond donors (Lipinski definition) is 0. The predicted octanol–water partition coefficient (Wildman–Crippen LogP) is 4.38. The van der Waals surface area contributed by atoms with Gasteiger partial charge in [-0.2, -0.15) is 5.10 Å². The number of rotatable bonds is 2. The second-order valence-corrected chi connectivity index (χ2v) is 6.50. The van der Waals surface area contributed by atoms with Gasteiger partial charge in [0.15, 0.2) is 5.78 Å². The minimum Gasteiger partial charge on any atom is -0.289 e. The smallest absolute Gasteiger partial charge is 0.191 e. The molecule has 118 valence electrons. The molecule has 3 nitrogen and oxygen atoms in total. The van der Waals surface area contributed by atoms with E-state index in [-0.39, 0.29) is 11.6 Å². The first-order chi connectivity index (χ1) is 11.7. The van der Waals surface area contributed by atoms with Crippen molar-refractivity contribution in [3.05, 3.63) is 83.4 Å². The summed E-state index contributed by atoms with van der Waals surface area (Å²) < 4.78 is 15.2. The first-order valence-corrected chi connectivity index (χ1v) is 8.47. The lowest BCUT2D eigenvalue weighted by molar-refractivity contribution is 0.103. The monoisotopic (exact) mass is 336 g/mol. The first-order valence-electron chi connectivity index (χ1n) is 7.48.